The first-order valence-corrected chi connectivity index (χ1v) is 25.7. The number of rotatable bonds is 0. The quantitative estimate of drug-likeness (QED) is 0.135. The normalized spacial score (nSPS) is 28.5. The van der Waals surface area contributed by atoms with Crippen LogP contribution >= 0.6 is 0 Å². The van der Waals surface area contributed by atoms with E-state index in [0.717, 1.165) is 0 Å². The molecule has 0 aromatic carbocycles. The summed E-state index contributed by atoms with van der Waals surface area (Å²) in [5, 5.41) is 22.8. The molecule has 21 nitrogen and oxygen atoms in total. The van der Waals surface area contributed by atoms with Crippen molar-refractivity contribution in [3.8, 4) is 0 Å². The van der Waals surface area contributed by atoms with Crippen molar-refractivity contribution < 1.29 is 66.7 Å². The first-order chi connectivity index (χ1) is 33.5. The third kappa shape index (κ3) is 39.7. The van der Waals surface area contributed by atoms with E-state index in [2.05, 4.69) is 37.2 Å². The molecule has 0 saturated carbocycles. The third-order valence-corrected chi connectivity index (χ3v) is 11.5. The number of ether oxygens (including phenoxy) is 7. The Hall–Kier alpha value is -3.99. The number of hydrogen-bond donors (Lipinski definition) is 7. The fourth-order valence-corrected chi connectivity index (χ4v) is 6.85. The van der Waals surface area contributed by atoms with Gasteiger partial charge in [-0.3, -0.25) is 33.6 Å². The van der Waals surface area contributed by atoms with Crippen molar-refractivity contribution >= 4 is 41.8 Å². The minimum absolute atomic E-state index is 0.0193. The summed E-state index contributed by atoms with van der Waals surface area (Å²) in [6.07, 6.45) is 5.69. The summed E-state index contributed by atoms with van der Waals surface area (Å²) < 4.78 is 37.4. The van der Waals surface area contributed by atoms with Gasteiger partial charge in [0, 0.05) is 133 Å². The van der Waals surface area contributed by atoms with Crippen LogP contribution in [0.4, 0.5) is 0 Å². The number of esters is 7. The van der Waals surface area contributed by atoms with Gasteiger partial charge in [0.15, 0.2) is 0 Å². The summed E-state index contributed by atoms with van der Waals surface area (Å²) in [6.45, 7) is 18.3. The van der Waals surface area contributed by atoms with Gasteiger partial charge in [-0.2, -0.15) is 0 Å². The molecule has 21 heteroatoms. The van der Waals surface area contributed by atoms with Gasteiger partial charge >= 0.3 is 41.8 Å². The summed E-state index contributed by atoms with van der Waals surface area (Å²) in [5.74, 6) is -2.11. The summed E-state index contributed by atoms with van der Waals surface area (Å²) in [7, 11) is 0. The highest BCUT2D eigenvalue weighted by molar-refractivity contribution is 5.71. The van der Waals surface area contributed by atoms with E-state index in [1.807, 2.05) is 48.5 Å². The molecule has 406 valence electrons. The maximum atomic E-state index is 12.3. The van der Waals surface area contributed by atoms with Crippen molar-refractivity contribution in [3.05, 3.63) is 0 Å². The van der Waals surface area contributed by atoms with Gasteiger partial charge in [0.25, 0.3) is 0 Å². The molecule has 7 atom stereocenters. The molecule has 0 bridgehead atoms. The lowest BCUT2D eigenvalue weighted by atomic mass is 10.2. The lowest BCUT2D eigenvalue weighted by Gasteiger charge is -2.16. The Morgan fingerprint density at radius 2 is 0.357 bits per heavy atom. The lowest BCUT2D eigenvalue weighted by Crippen LogP contribution is -2.33. The predicted molar refractivity (Wildman–Crippen MR) is 264 cm³/mol. The molecule has 1 heterocycles. The second-order valence-corrected chi connectivity index (χ2v) is 18.3. The molecule has 7 N–H and O–H groups in total. The molecule has 70 heavy (non-hydrogen) atoms. The van der Waals surface area contributed by atoms with Crippen LogP contribution in [0.5, 0.6) is 0 Å². The smallest absolute Gasteiger partial charge is 0.305 e. The average Bonchev–Trinajstić information content (AvgIpc) is 3.33. The van der Waals surface area contributed by atoms with Crippen molar-refractivity contribution in [1.82, 2.24) is 37.2 Å². The number of carbonyl (C=O) groups is 7. The van der Waals surface area contributed by atoms with Gasteiger partial charge in [-0.15, -0.1) is 0 Å². The maximum Gasteiger partial charge on any atom is 0.305 e. The zero-order valence-electron chi connectivity index (χ0n) is 43.6. The fourth-order valence-electron chi connectivity index (χ4n) is 6.85. The number of carbonyl (C=O) groups excluding carboxylic acids is 7. The molecule has 0 aromatic heterocycles. The van der Waals surface area contributed by atoms with Crippen LogP contribution in [0.2, 0.25) is 0 Å². The van der Waals surface area contributed by atoms with Crippen molar-refractivity contribution in [1.29, 1.82) is 0 Å². The number of nitrogens with one attached hydrogen (secondary N) is 7. The van der Waals surface area contributed by atoms with E-state index in [1.165, 1.54) is 0 Å². The Kier molecular flexibility index (Phi) is 38.1. The van der Waals surface area contributed by atoms with Crippen LogP contribution < -0.4 is 37.2 Å². The Labute approximate surface area is 417 Å². The first kappa shape index (κ1) is 64.0. The zero-order valence-corrected chi connectivity index (χ0v) is 43.6. The molecule has 0 aromatic rings. The minimum atomic E-state index is -0.301. The summed E-state index contributed by atoms with van der Waals surface area (Å²) >= 11 is 0. The van der Waals surface area contributed by atoms with E-state index < -0.39 is 0 Å². The molecule has 1 rings (SSSR count). The van der Waals surface area contributed by atoms with Gasteiger partial charge in [0.2, 0.25) is 0 Å². The average molecular weight is 1000 g/mol. The van der Waals surface area contributed by atoms with E-state index in [4.69, 9.17) is 33.2 Å². The second-order valence-electron chi connectivity index (χ2n) is 18.3. The van der Waals surface area contributed by atoms with Gasteiger partial charge in [-0.1, -0.05) is 0 Å². The number of hydrogen-bond acceptors (Lipinski definition) is 21. The molecule has 1 aliphatic rings. The molecule has 1 fully saturated rings. The molecular formula is C49H91N7O14. The Balaban J connectivity index is 2.46. The van der Waals surface area contributed by atoms with E-state index in [-0.39, 0.29) is 175 Å². The third-order valence-electron chi connectivity index (χ3n) is 11.5. The largest absolute Gasteiger partial charge is 0.464 e. The molecule has 0 amide bonds. The van der Waals surface area contributed by atoms with Crippen molar-refractivity contribution in [2.24, 2.45) is 0 Å². The first-order valence-electron chi connectivity index (χ1n) is 25.7. The van der Waals surface area contributed by atoms with Gasteiger partial charge < -0.3 is 70.4 Å². The lowest BCUT2D eigenvalue weighted by molar-refractivity contribution is -0.145. The fraction of sp³-hybridized carbons (Fsp3) is 0.857. The number of cyclic esters (lactones) is 7. The molecule has 7 unspecified atom stereocenters. The van der Waals surface area contributed by atoms with Gasteiger partial charge in [-0.25, -0.2) is 0 Å². The Morgan fingerprint density at radius 3 is 0.471 bits per heavy atom. The molecule has 1 aliphatic heterocycles. The highest BCUT2D eigenvalue weighted by atomic mass is 16.6. The summed E-state index contributed by atoms with van der Waals surface area (Å²) in [6, 6.07) is 0.135. The zero-order chi connectivity index (χ0) is 51.8. The van der Waals surface area contributed by atoms with Crippen LogP contribution in [0.1, 0.15) is 138 Å². The standard InChI is InChI=1S/C49H91N7O14/c1-36-8-15-43(57)65-30-23-51-38(3)10-17-45(59)67-32-25-53-40(5)12-19-47(61)69-34-27-55-42(7)14-21-49(63)70-35-28-56-41(6)13-20-48(62)68-33-26-54-39(4)11-18-46(60)66-31-24-52-37(2)9-16-44(58)64-29-22-50-36/h36-42,50-56H,8-35H2,1-7H3. The topological polar surface area (TPSA) is 268 Å². The molecule has 1 saturated heterocycles. The van der Waals surface area contributed by atoms with E-state index >= 15 is 0 Å². The maximum absolute atomic E-state index is 12.3. The highest BCUT2D eigenvalue weighted by Crippen LogP contribution is 2.05. The van der Waals surface area contributed by atoms with Crippen molar-refractivity contribution in [3.63, 3.8) is 0 Å². The Bertz CT molecular complexity index is 1170. The SMILES string of the molecule is CC1CCC(=O)OCCNC(C)CCC(=O)OCCNC(C)CCC(=O)OCCNC(C)CCC(=O)OCCNC(C)CCC(=O)OCCNC(C)CCC(=O)OCCNC(C)CCC(=O)OCCN1. The van der Waals surface area contributed by atoms with Gasteiger partial charge in [-0.05, 0) is 93.4 Å². The minimum Gasteiger partial charge on any atom is -0.464 e. The van der Waals surface area contributed by atoms with E-state index in [1.54, 1.807) is 0 Å². The highest BCUT2D eigenvalue weighted by Gasteiger charge is 2.15. The van der Waals surface area contributed by atoms with Crippen LogP contribution in [-0.2, 0) is 66.7 Å². The van der Waals surface area contributed by atoms with Crippen molar-refractivity contribution in [2.45, 2.75) is 181 Å². The van der Waals surface area contributed by atoms with Crippen LogP contribution in [0, 0.1) is 0 Å². The summed E-state index contributed by atoms with van der Waals surface area (Å²) in [4.78, 5) is 85.8. The van der Waals surface area contributed by atoms with Crippen molar-refractivity contribution in [2.75, 3.05) is 92.1 Å². The van der Waals surface area contributed by atoms with Crippen LogP contribution in [0.15, 0.2) is 0 Å². The Morgan fingerprint density at radius 1 is 0.243 bits per heavy atom. The predicted octanol–water partition coefficient (Wildman–Crippen LogP) is 2.11. The molecular weight excluding hydrogens is 911 g/mol. The van der Waals surface area contributed by atoms with E-state index in [0.29, 0.717) is 90.8 Å². The van der Waals surface area contributed by atoms with E-state index in [9.17, 15) is 33.6 Å². The van der Waals surface area contributed by atoms with Gasteiger partial charge in [0.05, 0.1) is 0 Å². The summed E-state index contributed by atoms with van der Waals surface area (Å²) in [5.41, 5.74) is 0. The van der Waals surface area contributed by atoms with Crippen LogP contribution in [-0.4, -0.2) is 176 Å². The van der Waals surface area contributed by atoms with Crippen LogP contribution in [0.3, 0.4) is 0 Å². The second kappa shape index (κ2) is 41.6. The monoisotopic (exact) mass is 1000 g/mol. The molecule has 0 aliphatic carbocycles. The van der Waals surface area contributed by atoms with Crippen LogP contribution in [0.25, 0.3) is 0 Å². The molecule has 0 spiro atoms. The van der Waals surface area contributed by atoms with Gasteiger partial charge in [0.1, 0.15) is 46.2 Å². The molecule has 0 radical (unpaired) electrons.